The summed E-state index contributed by atoms with van der Waals surface area (Å²) in [6, 6.07) is 13.3. The minimum atomic E-state index is -4.40. The van der Waals surface area contributed by atoms with Crippen LogP contribution >= 0.6 is 0 Å². The maximum absolute atomic E-state index is 13.4. The zero-order valence-corrected chi connectivity index (χ0v) is 19.4. The number of hydrogen-bond acceptors (Lipinski definition) is 2. The van der Waals surface area contributed by atoms with Crippen LogP contribution in [0.1, 0.15) is 81.3 Å². The first-order valence-corrected chi connectivity index (χ1v) is 12.4. The van der Waals surface area contributed by atoms with Gasteiger partial charge in [-0.25, -0.2) is 0 Å². The van der Waals surface area contributed by atoms with Gasteiger partial charge in [-0.05, 0) is 97.9 Å². The molecule has 0 heterocycles. The van der Waals surface area contributed by atoms with E-state index in [0.717, 1.165) is 24.3 Å². The third-order valence-electron chi connectivity index (χ3n) is 8.21. The van der Waals surface area contributed by atoms with Crippen LogP contribution in [0.5, 0.6) is 5.75 Å². The molecule has 0 aliphatic heterocycles. The van der Waals surface area contributed by atoms with Crippen LogP contribution in [0.4, 0.5) is 13.2 Å². The maximum Gasteiger partial charge on any atom is 0.416 e. The van der Waals surface area contributed by atoms with Gasteiger partial charge in [-0.2, -0.15) is 13.2 Å². The van der Waals surface area contributed by atoms with Gasteiger partial charge in [0, 0.05) is 5.56 Å². The highest BCUT2D eigenvalue weighted by Gasteiger charge is 2.49. The SMILES string of the molecule is CCC(C)c1ccc(OC(OC2C3CC4CC(C3)CC2C4)c2cccc(C(F)(F)F)c2)cc1. The Kier molecular flexibility index (Phi) is 6.19. The van der Waals surface area contributed by atoms with Crippen molar-refractivity contribution < 1.29 is 22.6 Å². The molecule has 5 heteroatoms. The standard InChI is InChI=1S/C28H33F3O2/c1-3-17(2)20-7-9-25(10-8-20)32-27(21-5-4-6-24(16-21)28(29,30)31)33-26-22-12-18-11-19(14-22)15-23(26)13-18/h4-10,16-19,22-23,26-27H,3,11-15H2,1-2H3. The number of alkyl halides is 3. The second-order valence-electron chi connectivity index (χ2n) is 10.5. The van der Waals surface area contributed by atoms with Crippen molar-refractivity contribution in [2.24, 2.45) is 23.7 Å². The van der Waals surface area contributed by atoms with Crippen molar-refractivity contribution in [2.75, 3.05) is 0 Å². The van der Waals surface area contributed by atoms with Gasteiger partial charge in [0.15, 0.2) is 0 Å². The normalized spacial score (nSPS) is 30.3. The van der Waals surface area contributed by atoms with Crippen LogP contribution in [0, 0.1) is 23.7 Å². The molecule has 0 spiro atoms. The Hall–Kier alpha value is -2.01. The first-order chi connectivity index (χ1) is 15.8. The molecule has 2 aromatic rings. The lowest BCUT2D eigenvalue weighted by molar-refractivity contribution is -0.201. The summed E-state index contributed by atoms with van der Waals surface area (Å²) in [6.07, 6.45) is 1.89. The summed E-state index contributed by atoms with van der Waals surface area (Å²) in [5, 5.41) is 0. The Bertz CT molecular complexity index is 924. The molecule has 4 aliphatic rings. The minimum absolute atomic E-state index is 0.0525. The molecule has 4 saturated carbocycles. The molecule has 6 rings (SSSR count). The molecule has 2 aromatic carbocycles. The van der Waals surface area contributed by atoms with E-state index < -0.39 is 18.0 Å². The van der Waals surface area contributed by atoms with E-state index in [4.69, 9.17) is 9.47 Å². The van der Waals surface area contributed by atoms with Gasteiger partial charge in [0.2, 0.25) is 6.29 Å². The Morgan fingerprint density at radius 3 is 2.09 bits per heavy atom. The van der Waals surface area contributed by atoms with Crippen molar-refractivity contribution >= 4 is 0 Å². The molecule has 33 heavy (non-hydrogen) atoms. The lowest BCUT2D eigenvalue weighted by atomic mass is 9.55. The predicted molar refractivity (Wildman–Crippen MR) is 122 cm³/mol. The van der Waals surface area contributed by atoms with Crippen LogP contribution in [0.15, 0.2) is 48.5 Å². The molecule has 0 N–H and O–H groups in total. The second kappa shape index (κ2) is 8.98. The van der Waals surface area contributed by atoms with Crippen molar-refractivity contribution in [2.45, 2.75) is 76.9 Å². The summed E-state index contributed by atoms with van der Waals surface area (Å²) in [6.45, 7) is 4.33. The predicted octanol–water partition coefficient (Wildman–Crippen LogP) is 8.14. The largest absolute Gasteiger partial charge is 0.461 e. The molecule has 0 saturated heterocycles. The third kappa shape index (κ3) is 4.80. The summed E-state index contributed by atoms with van der Waals surface area (Å²) in [5.41, 5.74) is 0.974. The quantitative estimate of drug-likeness (QED) is 0.390. The van der Waals surface area contributed by atoms with Crippen LogP contribution in [0.2, 0.25) is 0 Å². The van der Waals surface area contributed by atoms with Gasteiger partial charge >= 0.3 is 6.18 Å². The average molecular weight is 459 g/mol. The highest BCUT2D eigenvalue weighted by atomic mass is 19.4. The molecule has 0 amide bonds. The summed E-state index contributed by atoms with van der Waals surface area (Å²) < 4.78 is 53.1. The van der Waals surface area contributed by atoms with E-state index >= 15 is 0 Å². The smallest absolute Gasteiger partial charge is 0.416 e. The maximum atomic E-state index is 13.4. The molecule has 2 unspecified atom stereocenters. The van der Waals surface area contributed by atoms with Gasteiger partial charge < -0.3 is 9.47 Å². The fraction of sp³-hybridized carbons (Fsp3) is 0.571. The molecule has 2 nitrogen and oxygen atoms in total. The molecular formula is C28H33F3O2. The molecule has 4 fully saturated rings. The zero-order valence-electron chi connectivity index (χ0n) is 19.4. The number of hydrogen-bond donors (Lipinski definition) is 0. The number of rotatable bonds is 7. The number of halogens is 3. The lowest BCUT2D eigenvalue weighted by Crippen LogP contribution is -2.50. The van der Waals surface area contributed by atoms with E-state index in [1.54, 1.807) is 6.07 Å². The molecular weight excluding hydrogens is 425 g/mol. The number of benzene rings is 2. The van der Waals surface area contributed by atoms with Gasteiger partial charge in [0.1, 0.15) is 5.75 Å². The monoisotopic (exact) mass is 458 g/mol. The van der Waals surface area contributed by atoms with E-state index in [2.05, 4.69) is 13.8 Å². The first-order valence-electron chi connectivity index (χ1n) is 12.4. The topological polar surface area (TPSA) is 18.5 Å². The Morgan fingerprint density at radius 1 is 0.879 bits per heavy atom. The van der Waals surface area contributed by atoms with Gasteiger partial charge in [0.05, 0.1) is 11.7 Å². The number of ether oxygens (including phenoxy) is 2. The van der Waals surface area contributed by atoms with Crippen LogP contribution in [0.25, 0.3) is 0 Å². The summed E-state index contributed by atoms with van der Waals surface area (Å²) in [4.78, 5) is 0. The lowest BCUT2D eigenvalue weighted by Gasteiger charge is -2.54. The van der Waals surface area contributed by atoms with Crippen molar-refractivity contribution in [3.63, 3.8) is 0 Å². The second-order valence-corrected chi connectivity index (χ2v) is 10.5. The molecule has 178 valence electrons. The van der Waals surface area contributed by atoms with Gasteiger partial charge in [-0.3, -0.25) is 0 Å². The average Bonchev–Trinajstić information content (AvgIpc) is 2.79. The molecule has 4 bridgehead atoms. The molecule has 4 aliphatic carbocycles. The molecule has 0 radical (unpaired) electrons. The van der Waals surface area contributed by atoms with Crippen LogP contribution in [-0.2, 0) is 10.9 Å². The first kappa shape index (κ1) is 22.8. The molecule has 0 aromatic heterocycles. The van der Waals surface area contributed by atoms with E-state index in [1.807, 2.05) is 24.3 Å². The third-order valence-corrected chi connectivity index (χ3v) is 8.21. The Balaban J connectivity index is 1.41. The summed E-state index contributed by atoms with van der Waals surface area (Å²) in [5.74, 6) is 3.65. The Morgan fingerprint density at radius 2 is 1.52 bits per heavy atom. The summed E-state index contributed by atoms with van der Waals surface area (Å²) in [7, 11) is 0. The van der Waals surface area contributed by atoms with Crippen LogP contribution in [0.3, 0.4) is 0 Å². The zero-order chi connectivity index (χ0) is 23.2. The fourth-order valence-electron chi connectivity index (χ4n) is 6.51. The van der Waals surface area contributed by atoms with E-state index in [9.17, 15) is 13.2 Å². The van der Waals surface area contributed by atoms with E-state index in [0.29, 0.717) is 29.1 Å². The summed E-state index contributed by atoms with van der Waals surface area (Å²) >= 11 is 0. The van der Waals surface area contributed by atoms with Gasteiger partial charge in [0.25, 0.3) is 0 Å². The minimum Gasteiger partial charge on any atom is -0.461 e. The van der Waals surface area contributed by atoms with Gasteiger partial charge in [-0.15, -0.1) is 0 Å². The van der Waals surface area contributed by atoms with Crippen LogP contribution in [-0.4, -0.2) is 6.10 Å². The van der Waals surface area contributed by atoms with Crippen molar-refractivity contribution in [1.29, 1.82) is 0 Å². The van der Waals surface area contributed by atoms with E-state index in [1.165, 1.54) is 49.8 Å². The highest BCUT2D eigenvalue weighted by Crippen LogP contribution is 2.55. The van der Waals surface area contributed by atoms with Crippen LogP contribution < -0.4 is 4.74 Å². The van der Waals surface area contributed by atoms with Gasteiger partial charge in [-0.1, -0.05) is 38.1 Å². The Labute approximate surface area is 194 Å². The van der Waals surface area contributed by atoms with Crippen molar-refractivity contribution in [1.82, 2.24) is 0 Å². The van der Waals surface area contributed by atoms with E-state index in [-0.39, 0.29) is 6.10 Å². The van der Waals surface area contributed by atoms with Crippen molar-refractivity contribution in [3.05, 3.63) is 65.2 Å². The van der Waals surface area contributed by atoms with Crippen molar-refractivity contribution in [3.8, 4) is 5.75 Å². The highest BCUT2D eigenvalue weighted by molar-refractivity contribution is 5.31. The molecule has 2 atom stereocenters. The fourth-order valence-corrected chi connectivity index (χ4v) is 6.51.